The lowest BCUT2D eigenvalue weighted by molar-refractivity contribution is -0.140. The van der Waals surface area contributed by atoms with Crippen molar-refractivity contribution < 1.29 is 24.2 Å². The summed E-state index contributed by atoms with van der Waals surface area (Å²) in [6, 6.07) is -0.912. The molecule has 1 rings (SSSR count). The highest BCUT2D eigenvalue weighted by Crippen LogP contribution is 2.20. The zero-order chi connectivity index (χ0) is 13.4. The molecule has 1 heterocycles. The first-order valence-electron chi connectivity index (χ1n) is 5.98. The highest BCUT2D eigenvalue weighted by atomic mass is 16.5. The summed E-state index contributed by atoms with van der Waals surface area (Å²) in [5.41, 5.74) is 0. The number of carbonyl (C=O) groups is 2. The second-order valence-corrected chi connectivity index (χ2v) is 4.21. The summed E-state index contributed by atoms with van der Waals surface area (Å²) in [6.45, 7) is 4.77. The Morgan fingerprint density at radius 1 is 1.50 bits per heavy atom. The van der Waals surface area contributed by atoms with Gasteiger partial charge in [0.05, 0.1) is 0 Å². The summed E-state index contributed by atoms with van der Waals surface area (Å²) in [4.78, 5) is 22.4. The predicted molar refractivity (Wildman–Crippen MR) is 64.3 cm³/mol. The fraction of sp³-hybridized carbons (Fsp3) is 0.667. The molecule has 0 aliphatic carbocycles. The van der Waals surface area contributed by atoms with Gasteiger partial charge in [0, 0.05) is 13.2 Å². The zero-order valence-electron chi connectivity index (χ0n) is 10.3. The van der Waals surface area contributed by atoms with Crippen molar-refractivity contribution in [3.63, 3.8) is 0 Å². The summed E-state index contributed by atoms with van der Waals surface area (Å²) < 4.78 is 9.91. The van der Waals surface area contributed by atoms with Gasteiger partial charge in [0.2, 0.25) is 0 Å². The van der Waals surface area contributed by atoms with Crippen molar-refractivity contribution in [2.24, 2.45) is 5.92 Å². The van der Waals surface area contributed by atoms with Crippen molar-refractivity contribution in [1.29, 1.82) is 0 Å². The summed E-state index contributed by atoms with van der Waals surface area (Å²) in [7, 11) is 0. The van der Waals surface area contributed by atoms with Crippen LogP contribution in [-0.2, 0) is 14.3 Å². The van der Waals surface area contributed by atoms with Gasteiger partial charge >= 0.3 is 12.1 Å². The number of hydrogen-bond acceptors (Lipinski definition) is 4. The molecule has 18 heavy (non-hydrogen) atoms. The average Bonchev–Trinajstić information content (AvgIpc) is 2.36. The Bertz CT molecular complexity index is 299. The highest BCUT2D eigenvalue weighted by Gasteiger charge is 2.26. The number of carboxylic acids is 1. The number of rotatable bonds is 6. The van der Waals surface area contributed by atoms with E-state index in [0.717, 1.165) is 12.8 Å². The molecule has 0 radical (unpaired) electrons. The second kappa shape index (κ2) is 7.71. The smallest absolute Gasteiger partial charge is 0.408 e. The third kappa shape index (κ3) is 5.18. The van der Waals surface area contributed by atoms with Gasteiger partial charge in [-0.15, -0.1) is 0 Å². The van der Waals surface area contributed by atoms with Gasteiger partial charge < -0.3 is 19.9 Å². The van der Waals surface area contributed by atoms with Gasteiger partial charge in [-0.05, 0) is 25.2 Å². The normalized spacial score (nSPS) is 17.8. The zero-order valence-corrected chi connectivity index (χ0v) is 10.3. The Morgan fingerprint density at radius 3 is 2.72 bits per heavy atom. The maximum atomic E-state index is 11.3. The molecule has 0 unspecified atom stereocenters. The molecule has 1 saturated heterocycles. The van der Waals surface area contributed by atoms with E-state index in [4.69, 9.17) is 14.6 Å². The van der Waals surface area contributed by atoms with Crippen LogP contribution in [0.3, 0.4) is 0 Å². The number of amides is 1. The Kier molecular flexibility index (Phi) is 6.21. The molecule has 1 fully saturated rings. The minimum absolute atomic E-state index is 0.0649. The van der Waals surface area contributed by atoms with E-state index in [1.54, 1.807) is 0 Å². The van der Waals surface area contributed by atoms with Crippen molar-refractivity contribution in [3.8, 4) is 0 Å². The van der Waals surface area contributed by atoms with E-state index < -0.39 is 18.1 Å². The molecule has 0 bridgehead atoms. The number of ether oxygens (including phenoxy) is 2. The fourth-order valence-corrected chi connectivity index (χ4v) is 1.86. The molecule has 0 saturated carbocycles. The largest absolute Gasteiger partial charge is 0.480 e. The second-order valence-electron chi connectivity index (χ2n) is 4.21. The molecule has 2 N–H and O–H groups in total. The van der Waals surface area contributed by atoms with Gasteiger partial charge in [0.15, 0.2) is 0 Å². The molecule has 0 aromatic rings. The summed E-state index contributed by atoms with van der Waals surface area (Å²) in [5, 5.41) is 11.4. The molecule has 1 amide bonds. The summed E-state index contributed by atoms with van der Waals surface area (Å²) in [6.07, 6.45) is 2.75. The molecule has 0 aromatic heterocycles. The lowest BCUT2D eigenvalue weighted by atomic mass is 9.92. The van der Waals surface area contributed by atoms with E-state index >= 15 is 0 Å². The van der Waals surface area contributed by atoms with Crippen LogP contribution in [0.1, 0.15) is 19.3 Å². The number of nitrogens with one attached hydrogen (secondary N) is 1. The quantitative estimate of drug-likeness (QED) is 0.698. The Balaban J connectivity index is 2.40. The van der Waals surface area contributed by atoms with E-state index in [2.05, 4.69) is 11.9 Å². The lowest BCUT2D eigenvalue weighted by Crippen LogP contribution is -2.42. The van der Waals surface area contributed by atoms with E-state index in [9.17, 15) is 9.59 Å². The number of carboxylic acid groups (broad SMARTS) is 1. The predicted octanol–water partition coefficient (Wildman–Crippen LogP) is 1.17. The molecule has 1 atom stereocenters. The first-order valence-corrected chi connectivity index (χ1v) is 5.98. The van der Waals surface area contributed by atoms with Crippen LogP contribution in [0.2, 0.25) is 0 Å². The van der Waals surface area contributed by atoms with Crippen LogP contribution in [0.5, 0.6) is 0 Å². The van der Waals surface area contributed by atoms with E-state index in [1.165, 1.54) is 6.08 Å². The first-order chi connectivity index (χ1) is 8.63. The number of carbonyl (C=O) groups excluding carboxylic acids is 1. The van der Waals surface area contributed by atoms with Crippen LogP contribution in [0.4, 0.5) is 4.79 Å². The van der Waals surface area contributed by atoms with E-state index in [1.807, 2.05) is 0 Å². The highest BCUT2D eigenvalue weighted by molar-refractivity contribution is 5.79. The monoisotopic (exact) mass is 257 g/mol. The van der Waals surface area contributed by atoms with Crippen molar-refractivity contribution in [3.05, 3.63) is 12.7 Å². The minimum atomic E-state index is -1.04. The van der Waals surface area contributed by atoms with Crippen LogP contribution in [0.15, 0.2) is 12.7 Å². The minimum Gasteiger partial charge on any atom is -0.480 e. The van der Waals surface area contributed by atoms with Gasteiger partial charge in [-0.2, -0.15) is 0 Å². The fourth-order valence-electron chi connectivity index (χ4n) is 1.86. The Labute approximate surface area is 106 Å². The standard InChI is InChI=1S/C12H19NO5/c1-2-5-18-12(16)13-10(11(14)15)8-9-3-6-17-7-4-9/h2,9-10H,1,3-8H2,(H,13,16)(H,14,15)/t10-/m1/s1. The molecule has 6 nitrogen and oxygen atoms in total. The molecule has 0 spiro atoms. The number of hydrogen-bond donors (Lipinski definition) is 2. The molecule has 1 aliphatic rings. The van der Waals surface area contributed by atoms with Gasteiger partial charge in [-0.3, -0.25) is 0 Å². The van der Waals surface area contributed by atoms with Gasteiger partial charge in [0.1, 0.15) is 12.6 Å². The maximum Gasteiger partial charge on any atom is 0.408 e. The third-order valence-electron chi connectivity index (χ3n) is 2.83. The molecule has 1 aliphatic heterocycles. The van der Waals surface area contributed by atoms with Crippen molar-refractivity contribution in [2.45, 2.75) is 25.3 Å². The molecule has 6 heteroatoms. The van der Waals surface area contributed by atoms with Gasteiger partial charge in [-0.25, -0.2) is 9.59 Å². The van der Waals surface area contributed by atoms with Crippen LogP contribution in [0, 0.1) is 5.92 Å². The summed E-state index contributed by atoms with van der Waals surface area (Å²) >= 11 is 0. The van der Waals surface area contributed by atoms with Crippen LogP contribution in [0.25, 0.3) is 0 Å². The van der Waals surface area contributed by atoms with Gasteiger partial charge in [0.25, 0.3) is 0 Å². The van der Waals surface area contributed by atoms with Crippen molar-refractivity contribution in [2.75, 3.05) is 19.8 Å². The van der Waals surface area contributed by atoms with Crippen LogP contribution >= 0.6 is 0 Å². The Morgan fingerprint density at radius 2 is 2.17 bits per heavy atom. The molecule has 0 aromatic carbocycles. The van der Waals surface area contributed by atoms with Crippen molar-refractivity contribution >= 4 is 12.1 Å². The first kappa shape index (κ1) is 14.5. The number of alkyl carbamates (subject to hydrolysis) is 1. The van der Waals surface area contributed by atoms with Crippen LogP contribution in [-0.4, -0.2) is 43.0 Å². The SMILES string of the molecule is C=CCOC(=O)N[C@H](CC1CCOCC1)C(=O)O. The number of aliphatic carboxylic acids is 1. The molecular weight excluding hydrogens is 238 g/mol. The van der Waals surface area contributed by atoms with Crippen molar-refractivity contribution in [1.82, 2.24) is 5.32 Å². The van der Waals surface area contributed by atoms with Gasteiger partial charge in [-0.1, -0.05) is 12.7 Å². The average molecular weight is 257 g/mol. The topological polar surface area (TPSA) is 84.9 Å². The molecular formula is C12H19NO5. The molecule has 102 valence electrons. The maximum absolute atomic E-state index is 11.3. The Hall–Kier alpha value is -1.56. The van der Waals surface area contributed by atoms with E-state index in [0.29, 0.717) is 19.6 Å². The van der Waals surface area contributed by atoms with E-state index in [-0.39, 0.29) is 12.5 Å². The van der Waals surface area contributed by atoms with Crippen LogP contribution < -0.4 is 5.32 Å². The third-order valence-corrected chi connectivity index (χ3v) is 2.83. The summed E-state index contributed by atoms with van der Waals surface area (Å²) in [5.74, 6) is -0.781. The lowest BCUT2D eigenvalue weighted by Gasteiger charge is -2.25.